The van der Waals surface area contributed by atoms with Crippen LogP contribution in [0.15, 0.2) is 23.1 Å². The molecule has 0 saturated heterocycles. The van der Waals surface area contributed by atoms with Gasteiger partial charge in [0.15, 0.2) is 0 Å². The Labute approximate surface area is 122 Å². The minimum Gasteiger partial charge on any atom is -0.310 e. The van der Waals surface area contributed by atoms with Crippen LogP contribution in [0.4, 0.5) is 0 Å². The Bertz CT molecular complexity index is 394. The van der Waals surface area contributed by atoms with Crippen LogP contribution in [-0.2, 0) is 6.54 Å². The molecule has 1 N–H and O–H groups in total. The molecule has 1 saturated carbocycles. The maximum atomic E-state index is 3.48. The highest BCUT2D eigenvalue weighted by atomic mass is 32.2. The van der Waals surface area contributed by atoms with E-state index in [0.29, 0.717) is 6.04 Å². The van der Waals surface area contributed by atoms with E-state index >= 15 is 0 Å². The van der Waals surface area contributed by atoms with Gasteiger partial charge in [-0.05, 0) is 37.0 Å². The summed E-state index contributed by atoms with van der Waals surface area (Å²) in [5.41, 5.74) is 2.85. The number of rotatable bonds is 5. The maximum Gasteiger partial charge on any atom is 0.0207 e. The predicted octanol–water partition coefficient (Wildman–Crippen LogP) is 4.92. The van der Waals surface area contributed by atoms with Crippen molar-refractivity contribution in [1.82, 2.24) is 5.32 Å². The van der Waals surface area contributed by atoms with Gasteiger partial charge in [-0.2, -0.15) is 0 Å². The van der Waals surface area contributed by atoms with Crippen LogP contribution in [0.5, 0.6) is 0 Å². The second kappa shape index (κ2) is 7.35. The highest BCUT2D eigenvalue weighted by molar-refractivity contribution is 8.00. The summed E-state index contributed by atoms with van der Waals surface area (Å²) in [6.07, 6.45) is 7.09. The number of hydrogen-bond donors (Lipinski definition) is 1. The van der Waals surface area contributed by atoms with Gasteiger partial charge in [-0.15, -0.1) is 11.8 Å². The molecular formula is C17H27NS. The molecule has 0 unspecified atom stereocenters. The van der Waals surface area contributed by atoms with Crippen molar-refractivity contribution in [2.45, 2.75) is 75.6 Å². The Morgan fingerprint density at radius 2 is 1.95 bits per heavy atom. The van der Waals surface area contributed by atoms with Crippen molar-refractivity contribution in [1.29, 1.82) is 0 Å². The fourth-order valence-corrected chi connectivity index (χ4v) is 3.96. The van der Waals surface area contributed by atoms with E-state index in [1.54, 1.807) is 0 Å². The first-order valence-electron chi connectivity index (χ1n) is 7.64. The molecule has 0 bridgehead atoms. The van der Waals surface area contributed by atoms with Crippen molar-refractivity contribution in [2.24, 2.45) is 0 Å². The Balaban J connectivity index is 1.94. The molecule has 106 valence electrons. The molecule has 1 aliphatic carbocycles. The lowest BCUT2D eigenvalue weighted by atomic mass is 10.0. The molecule has 19 heavy (non-hydrogen) atoms. The second-order valence-electron chi connectivity index (χ2n) is 6.01. The van der Waals surface area contributed by atoms with Gasteiger partial charge < -0.3 is 5.32 Å². The van der Waals surface area contributed by atoms with Crippen molar-refractivity contribution >= 4 is 11.8 Å². The largest absolute Gasteiger partial charge is 0.310 e. The summed E-state index contributed by atoms with van der Waals surface area (Å²) in [6, 6.07) is 7.51. The van der Waals surface area contributed by atoms with Crippen LogP contribution >= 0.6 is 11.8 Å². The van der Waals surface area contributed by atoms with Gasteiger partial charge in [0.2, 0.25) is 0 Å². The Morgan fingerprint density at radius 1 is 1.21 bits per heavy atom. The minimum atomic E-state index is 0.552. The summed E-state index contributed by atoms with van der Waals surface area (Å²) in [5, 5.41) is 4.34. The van der Waals surface area contributed by atoms with Gasteiger partial charge in [-0.25, -0.2) is 0 Å². The van der Waals surface area contributed by atoms with Gasteiger partial charge in [0.1, 0.15) is 0 Å². The highest BCUT2D eigenvalue weighted by Gasteiger charge is 2.15. The van der Waals surface area contributed by atoms with Crippen molar-refractivity contribution in [3.8, 4) is 0 Å². The third-order valence-electron chi connectivity index (χ3n) is 3.80. The molecule has 0 atom stereocenters. The molecule has 2 rings (SSSR count). The minimum absolute atomic E-state index is 0.552. The van der Waals surface area contributed by atoms with Crippen molar-refractivity contribution in [3.05, 3.63) is 29.3 Å². The van der Waals surface area contributed by atoms with Crippen molar-refractivity contribution in [2.75, 3.05) is 0 Å². The molecule has 0 aromatic heterocycles. The van der Waals surface area contributed by atoms with E-state index in [-0.39, 0.29) is 0 Å². The Hall–Kier alpha value is -0.470. The summed E-state index contributed by atoms with van der Waals surface area (Å²) < 4.78 is 0. The van der Waals surface area contributed by atoms with Gasteiger partial charge in [-0.3, -0.25) is 0 Å². The zero-order valence-electron chi connectivity index (χ0n) is 12.5. The first-order chi connectivity index (χ1) is 9.15. The quantitative estimate of drug-likeness (QED) is 0.820. The molecule has 0 aliphatic heterocycles. The average Bonchev–Trinajstić information content (AvgIpc) is 2.40. The van der Waals surface area contributed by atoms with Crippen molar-refractivity contribution in [3.63, 3.8) is 0 Å². The summed E-state index contributed by atoms with van der Waals surface area (Å²) in [6.45, 7) is 7.62. The number of benzene rings is 1. The number of aryl methyl sites for hydroxylation is 1. The third kappa shape index (κ3) is 4.85. The van der Waals surface area contributed by atoms with E-state index in [0.717, 1.165) is 11.8 Å². The van der Waals surface area contributed by atoms with Gasteiger partial charge >= 0.3 is 0 Å². The molecule has 1 nitrogen and oxygen atoms in total. The molecule has 1 aromatic rings. The average molecular weight is 277 g/mol. The van der Waals surface area contributed by atoms with Gasteiger partial charge in [0, 0.05) is 22.7 Å². The van der Waals surface area contributed by atoms with Crippen LogP contribution in [0.2, 0.25) is 0 Å². The SMILES string of the molecule is Cc1cc(CNC(C)C)ccc1SC1CCCCC1. The molecule has 0 amide bonds. The van der Waals surface area contributed by atoms with Gasteiger partial charge in [0.25, 0.3) is 0 Å². The zero-order valence-corrected chi connectivity index (χ0v) is 13.4. The molecule has 1 fully saturated rings. The van der Waals surface area contributed by atoms with Crippen LogP contribution in [0.25, 0.3) is 0 Å². The van der Waals surface area contributed by atoms with Crippen LogP contribution in [0, 0.1) is 6.92 Å². The van der Waals surface area contributed by atoms with E-state index in [1.165, 1.54) is 48.1 Å². The Morgan fingerprint density at radius 3 is 2.58 bits per heavy atom. The summed E-state index contributed by atoms with van der Waals surface area (Å²) in [7, 11) is 0. The number of nitrogens with one attached hydrogen (secondary N) is 1. The molecule has 0 radical (unpaired) electrons. The van der Waals surface area contributed by atoms with Crippen LogP contribution < -0.4 is 5.32 Å². The zero-order chi connectivity index (χ0) is 13.7. The van der Waals surface area contributed by atoms with Crippen LogP contribution in [0.3, 0.4) is 0 Å². The van der Waals surface area contributed by atoms with E-state index < -0.39 is 0 Å². The molecule has 1 aliphatic rings. The molecular weight excluding hydrogens is 250 g/mol. The summed E-state index contributed by atoms with van der Waals surface area (Å²) in [4.78, 5) is 1.49. The van der Waals surface area contributed by atoms with E-state index in [1.807, 2.05) is 0 Å². The standard InChI is InChI=1S/C17H27NS/c1-13(2)18-12-15-9-10-17(14(3)11-15)19-16-7-5-4-6-8-16/h9-11,13,16,18H,4-8,12H2,1-3H3. The normalized spacial score (nSPS) is 17.1. The smallest absolute Gasteiger partial charge is 0.0207 e. The molecule has 0 heterocycles. The van der Waals surface area contributed by atoms with Gasteiger partial charge in [-0.1, -0.05) is 45.2 Å². The first-order valence-corrected chi connectivity index (χ1v) is 8.52. The van der Waals surface area contributed by atoms with Gasteiger partial charge in [0.05, 0.1) is 0 Å². The summed E-state index contributed by atoms with van der Waals surface area (Å²) in [5.74, 6) is 0. The first kappa shape index (κ1) is 14.9. The number of thioether (sulfide) groups is 1. The highest BCUT2D eigenvalue weighted by Crippen LogP contribution is 2.35. The van der Waals surface area contributed by atoms with Crippen molar-refractivity contribution < 1.29 is 0 Å². The predicted molar refractivity (Wildman–Crippen MR) is 85.9 cm³/mol. The molecule has 0 spiro atoms. The fourth-order valence-electron chi connectivity index (χ4n) is 2.64. The lowest BCUT2D eigenvalue weighted by Crippen LogP contribution is -2.21. The summed E-state index contributed by atoms with van der Waals surface area (Å²) >= 11 is 2.10. The third-order valence-corrected chi connectivity index (χ3v) is 5.32. The maximum absolute atomic E-state index is 3.48. The topological polar surface area (TPSA) is 12.0 Å². The van der Waals surface area contributed by atoms with Crippen LogP contribution in [-0.4, -0.2) is 11.3 Å². The number of hydrogen-bond acceptors (Lipinski definition) is 2. The fraction of sp³-hybridized carbons (Fsp3) is 0.647. The lowest BCUT2D eigenvalue weighted by molar-refractivity contribution is 0.516. The van der Waals surface area contributed by atoms with E-state index in [4.69, 9.17) is 0 Å². The molecule has 1 aromatic carbocycles. The van der Waals surface area contributed by atoms with E-state index in [9.17, 15) is 0 Å². The Kier molecular flexibility index (Phi) is 5.77. The lowest BCUT2D eigenvalue weighted by Gasteiger charge is -2.22. The molecule has 2 heteroatoms. The van der Waals surface area contributed by atoms with E-state index in [2.05, 4.69) is 56.0 Å². The second-order valence-corrected chi connectivity index (χ2v) is 7.36. The monoisotopic (exact) mass is 277 g/mol. The van der Waals surface area contributed by atoms with Crippen LogP contribution in [0.1, 0.15) is 57.1 Å².